The lowest BCUT2D eigenvalue weighted by atomic mass is 9.88. The van der Waals surface area contributed by atoms with Gasteiger partial charge in [0, 0.05) is 41.9 Å². The quantitative estimate of drug-likeness (QED) is 0.564. The molecule has 1 aromatic carbocycles. The zero-order valence-corrected chi connectivity index (χ0v) is 18.4. The second-order valence-electron chi connectivity index (χ2n) is 9.54. The van der Waals surface area contributed by atoms with Crippen LogP contribution in [0.2, 0.25) is 0 Å². The van der Waals surface area contributed by atoms with Gasteiger partial charge >= 0.3 is 0 Å². The van der Waals surface area contributed by atoms with Crippen molar-refractivity contribution in [3.8, 4) is 0 Å². The number of hydrogen-bond donors (Lipinski definition) is 1. The van der Waals surface area contributed by atoms with Crippen LogP contribution in [0.5, 0.6) is 0 Å². The van der Waals surface area contributed by atoms with Gasteiger partial charge in [0.05, 0.1) is 6.04 Å². The molecule has 4 rings (SSSR count). The van der Waals surface area contributed by atoms with Crippen LogP contribution in [0, 0.1) is 23.4 Å². The summed E-state index contributed by atoms with van der Waals surface area (Å²) >= 11 is 0. The predicted octanol–water partition coefficient (Wildman–Crippen LogP) is 6.15. The van der Waals surface area contributed by atoms with E-state index in [1.54, 1.807) is 0 Å². The maximum Gasteiger partial charge on any atom is 0.249 e. The van der Waals surface area contributed by atoms with E-state index in [1.807, 2.05) is 6.92 Å². The third kappa shape index (κ3) is 4.93. The van der Waals surface area contributed by atoms with E-state index in [4.69, 9.17) is 0 Å². The molecule has 2 aliphatic carbocycles. The molecule has 6 heteroatoms. The van der Waals surface area contributed by atoms with Crippen molar-refractivity contribution >= 4 is 5.91 Å². The molecule has 1 amide bonds. The minimum atomic E-state index is -1.18. The topological polar surface area (TPSA) is 32.3 Å². The number of benzene rings is 1. The Hall–Kier alpha value is -1.98. The van der Waals surface area contributed by atoms with Gasteiger partial charge in [0.1, 0.15) is 5.82 Å². The summed E-state index contributed by atoms with van der Waals surface area (Å²) in [4.78, 5) is 15.2. The van der Waals surface area contributed by atoms with Gasteiger partial charge in [0.2, 0.25) is 5.91 Å². The van der Waals surface area contributed by atoms with Gasteiger partial charge in [-0.2, -0.15) is 0 Å². The molecule has 170 valence electrons. The lowest BCUT2D eigenvalue weighted by molar-refractivity contribution is -0.118. The fourth-order valence-corrected chi connectivity index (χ4v) is 5.62. The molecule has 1 N–H and O–H groups in total. The van der Waals surface area contributed by atoms with Gasteiger partial charge < -0.3 is 10.2 Å². The highest BCUT2D eigenvalue weighted by atomic mass is 19.2. The summed E-state index contributed by atoms with van der Waals surface area (Å²) in [7, 11) is 0. The fraction of sp³-hybridized carbons (Fsp3) is 0.640. The summed E-state index contributed by atoms with van der Waals surface area (Å²) in [6.45, 7) is 2.63. The highest BCUT2D eigenvalue weighted by Gasteiger charge is 2.37. The number of allylic oxidation sites excluding steroid dienone is 1. The van der Waals surface area contributed by atoms with E-state index in [0.29, 0.717) is 24.0 Å². The van der Waals surface area contributed by atoms with Gasteiger partial charge in [0.25, 0.3) is 0 Å². The monoisotopic (exact) mass is 434 g/mol. The molecule has 1 heterocycles. The maximum absolute atomic E-state index is 14.7. The molecule has 2 fully saturated rings. The van der Waals surface area contributed by atoms with Gasteiger partial charge in [-0.05, 0) is 44.6 Å². The number of nitrogens with one attached hydrogen (secondary N) is 1. The lowest BCUT2D eigenvalue weighted by Gasteiger charge is -2.34. The van der Waals surface area contributed by atoms with Crippen molar-refractivity contribution in [3.05, 3.63) is 46.4 Å². The molecule has 0 aromatic heterocycles. The van der Waals surface area contributed by atoms with Crippen LogP contribution >= 0.6 is 0 Å². The van der Waals surface area contributed by atoms with Gasteiger partial charge in [-0.25, -0.2) is 13.2 Å². The van der Waals surface area contributed by atoms with Crippen LogP contribution in [-0.4, -0.2) is 23.4 Å². The van der Waals surface area contributed by atoms with Gasteiger partial charge in [-0.3, -0.25) is 4.79 Å². The molecule has 0 spiro atoms. The van der Waals surface area contributed by atoms with Crippen molar-refractivity contribution in [1.82, 2.24) is 10.2 Å². The predicted molar refractivity (Wildman–Crippen MR) is 115 cm³/mol. The SMILES string of the molecule is CC1=C(C(=O)NC2CCCCC2)CC(c2cc(F)c(F)cc2F)N1CC1CCCCC1. The Morgan fingerprint density at radius 3 is 2.23 bits per heavy atom. The van der Waals surface area contributed by atoms with E-state index < -0.39 is 23.5 Å². The van der Waals surface area contributed by atoms with Gasteiger partial charge in [-0.1, -0.05) is 38.5 Å². The molecule has 3 nitrogen and oxygen atoms in total. The zero-order chi connectivity index (χ0) is 22.0. The van der Waals surface area contributed by atoms with Crippen LogP contribution in [0.25, 0.3) is 0 Å². The summed E-state index contributed by atoms with van der Waals surface area (Å²) in [5.41, 5.74) is 1.62. The molecular formula is C25H33F3N2O. The van der Waals surface area contributed by atoms with Crippen molar-refractivity contribution in [2.45, 2.75) is 89.6 Å². The number of carbonyl (C=O) groups is 1. The Morgan fingerprint density at radius 2 is 1.55 bits per heavy atom. The summed E-state index contributed by atoms with van der Waals surface area (Å²) in [6, 6.07) is 1.30. The zero-order valence-electron chi connectivity index (χ0n) is 18.4. The summed E-state index contributed by atoms with van der Waals surface area (Å²) < 4.78 is 42.3. The Bertz CT molecular complexity index is 841. The van der Waals surface area contributed by atoms with Crippen LogP contribution in [0.3, 0.4) is 0 Å². The Balaban J connectivity index is 1.59. The average Bonchev–Trinajstić information content (AvgIpc) is 3.08. The molecule has 2 saturated carbocycles. The van der Waals surface area contributed by atoms with Gasteiger partial charge in [-0.15, -0.1) is 0 Å². The minimum absolute atomic E-state index is 0.0939. The van der Waals surface area contributed by atoms with Crippen molar-refractivity contribution < 1.29 is 18.0 Å². The third-order valence-corrected chi connectivity index (χ3v) is 7.43. The molecule has 1 aromatic rings. The number of carbonyl (C=O) groups excluding carboxylic acids is 1. The summed E-state index contributed by atoms with van der Waals surface area (Å²) in [6.07, 6.45) is 11.6. The Labute approximate surface area is 183 Å². The first-order valence-electron chi connectivity index (χ1n) is 11.9. The minimum Gasteiger partial charge on any atom is -0.367 e. The van der Waals surface area contributed by atoms with Crippen LogP contribution in [0.4, 0.5) is 13.2 Å². The molecule has 0 bridgehead atoms. The fourth-order valence-electron chi connectivity index (χ4n) is 5.62. The number of hydrogen-bond acceptors (Lipinski definition) is 2. The Morgan fingerprint density at radius 1 is 0.935 bits per heavy atom. The van der Waals surface area contributed by atoms with Crippen LogP contribution < -0.4 is 5.32 Å². The first-order chi connectivity index (χ1) is 14.9. The molecule has 1 atom stereocenters. The lowest BCUT2D eigenvalue weighted by Crippen LogP contribution is -2.37. The van der Waals surface area contributed by atoms with E-state index in [9.17, 15) is 18.0 Å². The molecule has 0 radical (unpaired) electrons. The van der Waals surface area contributed by atoms with Crippen molar-refractivity contribution in [3.63, 3.8) is 0 Å². The number of nitrogens with zero attached hydrogens (tertiary/aromatic N) is 1. The van der Waals surface area contributed by atoms with Crippen LogP contribution in [0.1, 0.15) is 89.2 Å². The maximum atomic E-state index is 14.7. The van der Waals surface area contributed by atoms with E-state index >= 15 is 0 Å². The third-order valence-electron chi connectivity index (χ3n) is 7.43. The van der Waals surface area contributed by atoms with Crippen molar-refractivity contribution in [2.75, 3.05) is 6.54 Å². The van der Waals surface area contributed by atoms with E-state index in [1.165, 1.54) is 25.7 Å². The van der Waals surface area contributed by atoms with E-state index in [2.05, 4.69) is 10.2 Å². The molecular weight excluding hydrogens is 401 g/mol. The highest BCUT2D eigenvalue weighted by molar-refractivity contribution is 5.95. The van der Waals surface area contributed by atoms with Gasteiger partial charge in [0.15, 0.2) is 11.6 Å². The summed E-state index contributed by atoms with van der Waals surface area (Å²) in [5, 5.41) is 3.17. The average molecular weight is 435 g/mol. The second kappa shape index (κ2) is 9.66. The molecule has 1 unspecified atom stereocenters. The first kappa shape index (κ1) is 22.2. The molecule has 31 heavy (non-hydrogen) atoms. The Kier molecular flexibility index (Phi) is 6.92. The smallest absolute Gasteiger partial charge is 0.249 e. The van der Waals surface area contributed by atoms with Crippen LogP contribution in [0.15, 0.2) is 23.4 Å². The second-order valence-corrected chi connectivity index (χ2v) is 9.54. The van der Waals surface area contributed by atoms with Crippen molar-refractivity contribution in [1.29, 1.82) is 0 Å². The largest absolute Gasteiger partial charge is 0.367 e. The van der Waals surface area contributed by atoms with E-state index in [0.717, 1.165) is 56.8 Å². The molecule has 1 aliphatic heterocycles. The van der Waals surface area contributed by atoms with Crippen molar-refractivity contribution in [2.24, 2.45) is 5.92 Å². The molecule has 0 saturated heterocycles. The number of rotatable bonds is 5. The summed E-state index contributed by atoms with van der Waals surface area (Å²) in [5.74, 6) is -2.60. The van der Waals surface area contributed by atoms with E-state index in [-0.39, 0.29) is 17.5 Å². The molecule has 3 aliphatic rings. The number of halogens is 3. The number of amides is 1. The van der Waals surface area contributed by atoms with Crippen LogP contribution in [-0.2, 0) is 4.79 Å². The first-order valence-corrected chi connectivity index (χ1v) is 11.9. The normalized spacial score (nSPS) is 23.5. The standard InChI is InChI=1S/C25H33F3N2O/c1-16-19(25(31)29-18-10-6-3-7-11-18)13-24(20-12-22(27)23(28)14-21(20)26)30(16)15-17-8-4-2-5-9-17/h12,14,17-18,24H,2-11,13,15H2,1H3,(H,29,31). The highest BCUT2D eigenvalue weighted by Crippen LogP contribution is 2.42.